The minimum absolute atomic E-state index is 0.112. The van der Waals surface area contributed by atoms with Crippen LogP contribution in [0.5, 0.6) is 0 Å². The van der Waals surface area contributed by atoms with Gasteiger partial charge in [-0.3, -0.25) is 4.79 Å². The van der Waals surface area contributed by atoms with E-state index in [2.05, 4.69) is 5.10 Å². The number of ether oxygens (including phenoxy) is 1. The Morgan fingerprint density at radius 2 is 1.86 bits per heavy atom. The number of aromatic nitrogens is 2. The number of nitrogens with zero attached hydrogens (tertiary/aromatic N) is 3. The van der Waals surface area contributed by atoms with Gasteiger partial charge in [0.15, 0.2) is 6.61 Å². The molecule has 1 aromatic carbocycles. The number of benzene rings is 1. The summed E-state index contributed by atoms with van der Waals surface area (Å²) in [5, 5.41) is 4.55. The van der Waals surface area contributed by atoms with Crippen molar-refractivity contribution < 1.29 is 14.3 Å². The molecule has 6 nitrogen and oxygen atoms in total. The van der Waals surface area contributed by atoms with E-state index in [1.54, 1.807) is 6.92 Å². The van der Waals surface area contributed by atoms with Crippen molar-refractivity contribution >= 4 is 23.5 Å². The Morgan fingerprint density at radius 3 is 2.66 bits per heavy atom. The zero-order valence-electron chi connectivity index (χ0n) is 16.6. The van der Waals surface area contributed by atoms with Crippen LogP contribution in [0.25, 0.3) is 5.69 Å². The number of fused-ring (bicyclic) bond motifs is 1. The standard InChI is InChI=1S/C22H26ClN3O3/c1-15-20(21(23)26(24-15)17-10-3-2-4-11-17)22(28)29-14-19(27)25-13-7-9-16-8-5-6-12-18(16)25/h2-4,10-11,16,18H,5-9,12-14H2,1H3/t16-,18+/m0/s1. The highest BCUT2D eigenvalue weighted by Gasteiger charge is 2.36. The van der Waals surface area contributed by atoms with Gasteiger partial charge in [0, 0.05) is 12.6 Å². The van der Waals surface area contributed by atoms with Gasteiger partial charge in [0.25, 0.3) is 5.91 Å². The number of carbonyl (C=O) groups is 2. The van der Waals surface area contributed by atoms with Crippen molar-refractivity contribution in [3.8, 4) is 5.69 Å². The highest BCUT2D eigenvalue weighted by atomic mass is 35.5. The Kier molecular flexibility index (Phi) is 5.90. The summed E-state index contributed by atoms with van der Waals surface area (Å²) in [5.74, 6) is -0.127. The minimum atomic E-state index is -0.611. The van der Waals surface area contributed by atoms with Crippen LogP contribution in [0.4, 0.5) is 0 Å². The second-order valence-corrected chi connectivity index (χ2v) is 8.27. The Bertz CT molecular complexity index is 894. The molecule has 1 saturated carbocycles. The average Bonchev–Trinajstić information content (AvgIpc) is 3.06. The molecule has 0 unspecified atom stereocenters. The van der Waals surface area contributed by atoms with E-state index in [9.17, 15) is 9.59 Å². The molecular formula is C22H26ClN3O3. The van der Waals surface area contributed by atoms with E-state index >= 15 is 0 Å². The third kappa shape index (κ3) is 4.04. The molecule has 1 amide bonds. The summed E-state index contributed by atoms with van der Waals surface area (Å²) < 4.78 is 6.87. The summed E-state index contributed by atoms with van der Waals surface area (Å²) in [6.45, 7) is 2.21. The van der Waals surface area contributed by atoms with E-state index < -0.39 is 5.97 Å². The van der Waals surface area contributed by atoms with Crippen LogP contribution in [-0.2, 0) is 9.53 Å². The molecule has 7 heteroatoms. The van der Waals surface area contributed by atoms with Crippen molar-refractivity contribution in [3.05, 3.63) is 46.7 Å². The topological polar surface area (TPSA) is 64.4 Å². The molecule has 29 heavy (non-hydrogen) atoms. The van der Waals surface area contributed by atoms with Gasteiger partial charge >= 0.3 is 5.97 Å². The summed E-state index contributed by atoms with van der Waals surface area (Å²) in [6.07, 6.45) is 6.89. The van der Waals surface area contributed by atoms with Crippen molar-refractivity contribution in [1.29, 1.82) is 0 Å². The zero-order valence-corrected chi connectivity index (χ0v) is 17.4. The van der Waals surface area contributed by atoms with Crippen molar-refractivity contribution in [1.82, 2.24) is 14.7 Å². The monoisotopic (exact) mass is 415 g/mol. The van der Waals surface area contributed by atoms with Crippen LogP contribution in [0, 0.1) is 12.8 Å². The lowest BCUT2D eigenvalue weighted by molar-refractivity contribution is -0.140. The average molecular weight is 416 g/mol. The number of piperidine rings is 1. The molecule has 2 atom stereocenters. The van der Waals surface area contributed by atoms with E-state index in [0.717, 1.165) is 31.5 Å². The maximum atomic E-state index is 12.8. The molecule has 0 N–H and O–H groups in total. The predicted molar refractivity (Wildman–Crippen MR) is 110 cm³/mol. The SMILES string of the molecule is Cc1nn(-c2ccccc2)c(Cl)c1C(=O)OCC(=O)N1CCC[C@@H]2CCCC[C@H]21. The smallest absolute Gasteiger partial charge is 0.343 e. The number of likely N-dealkylation sites (tertiary alicyclic amines) is 1. The van der Waals surface area contributed by atoms with E-state index in [1.807, 2.05) is 35.2 Å². The highest BCUT2D eigenvalue weighted by molar-refractivity contribution is 6.33. The molecule has 2 aliphatic rings. The molecule has 0 bridgehead atoms. The Morgan fingerprint density at radius 1 is 1.14 bits per heavy atom. The lowest BCUT2D eigenvalue weighted by Gasteiger charge is -2.44. The Labute approximate surface area is 175 Å². The molecule has 1 aliphatic carbocycles. The van der Waals surface area contributed by atoms with Crippen LogP contribution in [0.3, 0.4) is 0 Å². The normalized spacial score (nSPS) is 21.5. The van der Waals surface area contributed by atoms with Gasteiger partial charge in [-0.15, -0.1) is 0 Å². The number of para-hydroxylation sites is 1. The van der Waals surface area contributed by atoms with Crippen LogP contribution in [0.15, 0.2) is 30.3 Å². The molecule has 0 radical (unpaired) electrons. The Balaban J connectivity index is 1.43. The summed E-state index contributed by atoms with van der Waals surface area (Å²) in [5.41, 5.74) is 1.44. The maximum absolute atomic E-state index is 12.8. The fraction of sp³-hybridized carbons (Fsp3) is 0.500. The van der Waals surface area contributed by atoms with Gasteiger partial charge < -0.3 is 9.64 Å². The van der Waals surface area contributed by atoms with Gasteiger partial charge in [0.05, 0.1) is 11.4 Å². The number of amides is 1. The molecule has 1 aliphatic heterocycles. The molecular weight excluding hydrogens is 390 g/mol. The highest BCUT2D eigenvalue weighted by Crippen LogP contribution is 2.35. The molecule has 1 aromatic heterocycles. The van der Waals surface area contributed by atoms with Crippen molar-refractivity contribution in [2.75, 3.05) is 13.2 Å². The number of esters is 1. The molecule has 4 rings (SSSR count). The molecule has 0 spiro atoms. The van der Waals surface area contributed by atoms with Crippen molar-refractivity contribution in [2.45, 2.75) is 51.5 Å². The second-order valence-electron chi connectivity index (χ2n) is 7.92. The summed E-state index contributed by atoms with van der Waals surface area (Å²) in [7, 11) is 0. The van der Waals surface area contributed by atoms with E-state index in [4.69, 9.17) is 16.3 Å². The van der Waals surface area contributed by atoms with Gasteiger partial charge in [-0.2, -0.15) is 5.10 Å². The van der Waals surface area contributed by atoms with Crippen molar-refractivity contribution in [3.63, 3.8) is 0 Å². The number of aryl methyl sites for hydroxylation is 1. The van der Waals surface area contributed by atoms with Crippen molar-refractivity contribution in [2.24, 2.45) is 5.92 Å². The molecule has 154 valence electrons. The maximum Gasteiger partial charge on any atom is 0.343 e. The first-order valence-corrected chi connectivity index (χ1v) is 10.7. The summed E-state index contributed by atoms with van der Waals surface area (Å²) in [4.78, 5) is 27.4. The van der Waals surface area contributed by atoms with Crippen LogP contribution in [0.1, 0.15) is 54.6 Å². The van der Waals surface area contributed by atoms with Gasteiger partial charge in [0.1, 0.15) is 10.7 Å². The quantitative estimate of drug-likeness (QED) is 0.703. The van der Waals surface area contributed by atoms with Crippen LogP contribution in [0.2, 0.25) is 5.15 Å². The molecule has 2 aromatic rings. The minimum Gasteiger partial charge on any atom is -0.452 e. The lowest BCUT2D eigenvalue weighted by Crippen LogP contribution is -2.50. The number of hydrogen-bond acceptors (Lipinski definition) is 4. The third-order valence-corrected chi connectivity index (χ3v) is 6.45. The number of rotatable bonds is 4. The number of halogens is 1. The van der Waals surface area contributed by atoms with Gasteiger partial charge in [-0.05, 0) is 50.7 Å². The fourth-order valence-corrected chi connectivity index (χ4v) is 5.04. The molecule has 2 fully saturated rings. The first kappa shape index (κ1) is 20.0. The van der Waals surface area contributed by atoms with Gasteiger partial charge in [-0.1, -0.05) is 42.6 Å². The summed E-state index contributed by atoms with van der Waals surface area (Å²) >= 11 is 6.42. The largest absolute Gasteiger partial charge is 0.452 e. The molecule has 1 saturated heterocycles. The van der Waals surface area contributed by atoms with E-state index in [1.165, 1.54) is 23.9 Å². The van der Waals surface area contributed by atoms with Crippen LogP contribution < -0.4 is 0 Å². The third-order valence-electron chi connectivity index (χ3n) is 6.10. The van der Waals surface area contributed by atoms with E-state index in [0.29, 0.717) is 17.7 Å². The van der Waals surface area contributed by atoms with Gasteiger partial charge in [-0.25, -0.2) is 9.48 Å². The zero-order chi connectivity index (χ0) is 20.4. The van der Waals surface area contributed by atoms with Crippen LogP contribution >= 0.6 is 11.6 Å². The fourth-order valence-electron chi connectivity index (χ4n) is 4.69. The molecule has 2 heterocycles. The first-order valence-electron chi connectivity index (χ1n) is 10.3. The lowest BCUT2D eigenvalue weighted by atomic mass is 9.78. The van der Waals surface area contributed by atoms with E-state index in [-0.39, 0.29) is 23.2 Å². The number of hydrogen-bond donors (Lipinski definition) is 0. The number of carbonyl (C=O) groups excluding carboxylic acids is 2. The second kappa shape index (κ2) is 8.57. The summed E-state index contributed by atoms with van der Waals surface area (Å²) in [6, 6.07) is 9.65. The van der Waals surface area contributed by atoms with Gasteiger partial charge in [0.2, 0.25) is 0 Å². The predicted octanol–water partition coefficient (Wildman–Crippen LogP) is 4.17. The Hall–Kier alpha value is -2.34. The van der Waals surface area contributed by atoms with Crippen LogP contribution in [-0.4, -0.2) is 45.8 Å². The first-order chi connectivity index (χ1) is 14.1.